The van der Waals surface area contributed by atoms with Crippen LogP contribution in [0.2, 0.25) is 0 Å². The molecule has 5 nitrogen and oxygen atoms in total. The molecule has 0 aliphatic heterocycles. The van der Waals surface area contributed by atoms with Gasteiger partial charge in [0.25, 0.3) is 0 Å². The number of carboxylic acids is 1. The molecule has 0 spiro atoms. The minimum atomic E-state index is -1.10. The molecule has 112 valence electrons. The van der Waals surface area contributed by atoms with Crippen LogP contribution in [0.25, 0.3) is 21.5 Å². The van der Waals surface area contributed by atoms with Crippen molar-refractivity contribution in [1.29, 1.82) is 0 Å². The molecule has 22 heavy (non-hydrogen) atoms. The Labute approximate surface area is 126 Å². The number of aromatic hydroxyl groups is 1. The zero-order valence-electron chi connectivity index (χ0n) is 12.2. The van der Waals surface area contributed by atoms with Gasteiger partial charge < -0.3 is 20.3 Å². The molecule has 0 aromatic heterocycles. The number of aromatic carboxylic acids is 1. The lowest BCUT2D eigenvalue weighted by atomic mass is 9.95. The van der Waals surface area contributed by atoms with E-state index in [2.05, 4.69) is 5.32 Å². The number of rotatable bonds is 3. The predicted octanol–water partition coefficient (Wildman–Crippen LogP) is 3.45. The molecule has 5 heteroatoms. The fourth-order valence-corrected chi connectivity index (χ4v) is 2.84. The van der Waals surface area contributed by atoms with Gasteiger partial charge in [-0.1, -0.05) is 24.3 Å². The van der Waals surface area contributed by atoms with Crippen LogP contribution >= 0.6 is 0 Å². The van der Waals surface area contributed by atoms with Crippen molar-refractivity contribution in [2.24, 2.45) is 0 Å². The van der Waals surface area contributed by atoms with E-state index in [1.165, 1.54) is 13.2 Å². The predicted molar refractivity (Wildman–Crippen MR) is 86.2 cm³/mol. The molecular formula is C17H15NO4. The normalized spacial score (nSPS) is 10.8. The van der Waals surface area contributed by atoms with E-state index in [9.17, 15) is 15.0 Å². The molecule has 0 unspecified atom stereocenters. The van der Waals surface area contributed by atoms with Crippen LogP contribution < -0.4 is 10.1 Å². The van der Waals surface area contributed by atoms with Crippen LogP contribution in [0.1, 0.15) is 10.4 Å². The molecule has 0 radical (unpaired) electrons. The molecule has 3 aromatic carbocycles. The highest BCUT2D eigenvalue weighted by molar-refractivity contribution is 6.21. The van der Waals surface area contributed by atoms with Crippen molar-refractivity contribution < 1.29 is 19.7 Å². The lowest BCUT2D eigenvalue weighted by Crippen LogP contribution is -2.02. The van der Waals surface area contributed by atoms with Gasteiger partial charge in [0.2, 0.25) is 0 Å². The van der Waals surface area contributed by atoms with E-state index in [0.29, 0.717) is 16.5 Å². The van der Waals surface area contributed by atoms with Gasteiger partial charge in [-0.2, -0.15) is 0 Å². The van der Waals surface area contributed by atoms with E-state index >= 15 is 0 Å². The third-order valence-corrected chi connectivity index (χ3v) is 3.76. The molecule has 0 saturated heterocycles. The number of fused-ring (bicyclic) bond motifs is 3. The van der Waals surface area contributed by atoms with Gasteiger partial charge in [0.1, 0.15) is 0 Å². The summed E-state index contributed by atoms with van der Waals surface area (Å²) < 4.78 is 5.33. The lowest BCUT2D eigenvalue weighted by molar-refractivity contribution is 0.0698. The maximum Gasteiger partial charge on any atom is 0.336 e. The summed E-state index contributed by atoms with van der Waals surface area (Å²) in [5.41, 5.74) is 0.702. The number of carbonyl (C=O) groups is 1. The first-order valence-corrected chi connectivity index (χ1v) is 6.75. The van der Waals surface area contributed by atoms with Gasteiger partial charge in [-0.25, -0.2) is 4.79 Å². The summed E-state index contributed by atoms with van der Waals surface area (Å²) in [7, 11) is 3.18. The molecule has 3 aromatic rings. The standard InChI is InChI=1S/C17H15NO4/c1-18-12-7-9-5-3-4-6-10(9)15-14(12)11(17(20)21)8-13(19)16(15)22-2/h3-8,18-19H,1-2H3,(H,20,21). The quantitative estimate of drug-likeness (QED) is 0.645. The van der Waals surface area contributed by atoms with Crippen LogP contribution in [0.3, 0.4) is 0 Å². The third-order valence-electron chi connectivity index (χ3n) is 3.76. The number of hydrogen-bond acceptors (Lipinski definition) is 4. The SMILES string of the molecule is CNc1cc2ccccc2c2c(OC)c(O)cc(C(=O)O)c12. The number of nitrogens with one attached hydrogen (secondary N) is 1. The number of benzene rings is 3. The van der Waals surface area contributed by atoms with Gasteiger partial charge in [0.05, 0.1) is 12.7 Å². The fraction of sp³-hybridized carbons (Fsp3) is 0.118. The smallest absolute Gasteiger partial charge is 0.336 e. The van der Waals surface area contributed by atoms with Gasteiger partial charge in [0, 0.05) is 23.5 Å². The first kappa shape index (κ1) is 14.0. The first-order valence-electron chi connectivity index (χ1n) is 6.75. The minimum absolute atomic E-state index is 0.0309. The van der Waals surface area contributed by atoms with Crippen molar-refractivity contribution in [3.05, 3.63) is 42.0 Å². The third kappa shape index (κ3) is 1.90. The van der Waals surface area contributed by atoms with Gasteiger partial charge in [-0.15, -0.1) is 0 Å². The Bertz CT molecular complexity index is 902. The number of ether oxygens (including phenoxy) is 1. The largest absolute Gasteiger partial charge is 0.504 e. The fourth-order valence-electron chi connectivity index (χ4n) is 2.84. The highest BCUT2D eigenvalue weighted by Crippen LogP contribution is 2.44. The molecule has 3 rings (SSSR count). The van der Waals surface area contributed by atoms with Crippen LogP contribution in [-0.2, 0) is 0 Å². The van der Waals surface area contributed by atoms with E-state index in [1.807, 2.05) is 30.3 Å². The average Bonchev–Trinajstić information content (AvgIpc) is 2.53. The van der Waals surface area contributed by atoms with Crippen LogP contribution in [-0.4, -0.2) is 30.3 Å². The molecule has 0 bridgehead atoms. The van der Waals surface area contributed by atoms with Gasteiger partial charge in [0.15, 0.2) is 11.5 Å². The van der Waals surface area contributed by atoms with E-state index in [-0.39, 0.29) is 17.1 Å². The Morgan fingerprint density at radius 2 is 1.91 bits per heavy atom. The Hall–Kier alpha value is -2.95. The first-order chi connectivity index (χ1) is 10.6. The van der Waals surface area contributed by atoms with Gasteiger partial charge in [-0.3, -0.25) is 0 Å². The Morgan fingerprint density at radius 1 is 1.18 bits per heavy atom. The summed E-state index contributed by atoms with van der Waals surface area (Å²) in [5, 5.41) is 25.5. The molecular weight excluding hydrogens is 282 g/mol. The van der Waals surface area contributed by atoms with Crippen molar-refractivity contribution >= 4 is 33.2 Å². The lowest BCUT2D eigenvalue weighted by Gasteiger charge is -2.16. The molecule has 0 amide bonds. The van der Waals surface area contributed by atoms with Crippen LogP contribution in [0.15, 0.2) is 36.4 Å². The second-order valence-corrected chi connectivity index (χ2v) is 4.93. The molecule has 0 saturated carbocycles. The summed E-state index contributed by atoms with van der Waals surface area (Å²) >= 11 is 0. The second kappa shape index (κ2) is 5.11. The highest BCUT2D eigenvalue weighted by Gasteiger charge is 2.21. The van der Waals surface area contributed by atoms with Crippen LogP contribution in [0.4, 0.5) is 5.69 Å². The molecule has 0 aliphatic carbocycles. The monoisotopic (exact) mass is 297 g/mol. The number of methoxy groups -OCH3 is 1. The topological polar surface area (TPSA) is 78.8 Å². The number of carboxylic acid groups (broad SMARTS) is 1. The zero-order valence-corrected chi connectivity index (χ0v) is 12.2. The molecule has 0 aliphatic rings. The van der Waals surface area contributed by atoms with Crippen molar-refractivity contribution in [3.8, 4) is 11.5 Å². The molecule has 0 atom stereocenters. The van der Waals surface area contributed by atoms with Crippen LogP contribution in [0, 0.1) is 0 Å². The molecule has 3 N–H and O–H groups in total. The van der Waals surface area contributed by atoms with Crippen LogP contribution in [0.5, 0.6) is 11.5 Å². The van der Waals surface area contributed by atoms with E-state index in [0.717, 1.165) is 10.8 Å². The summed E-state index contributed by atoms with van der Waals surface area (Å²) in [6, 6.07) is 10.7. The number of phenols is 1. The summed E-state index contributed by atoms with van der Waals surface area (Å²) in [6.07, 6.45) is 0. The summed E-state index contributed by atoms with van der Waals surface area (Å²) in [6.45, 7) is 0. The molecule has 0 fully saturated rings. The van der Waals surface area contributed by atoms with Gasteiger partial charge in [-0.05, 0) is 22.9 Å². The van der Waals surface area contributed by atoms with E-state index in [4.69, 9.17) is 4.74 Å². The highest BCUT2D eigenvalue weighted by atomic mass is 16.5. The summed E-state index contributed by atoms with van der Waals surface area (Å²) in [4.78, 5) is 11.6. The Balaban J connectivity index is 2.68. The Morgan fingerprint density at radius 3 is 2.55 bits per heavy atom. The van der Waals surface area contributed by atoms with Crippen molar-refractivity contribution in [3.63, 3.8) is 0 Å². The number of phenolic OH excluding ortho intramolecular Hbond substituents is 1. The van der Waals surface area contributed by atoms with Crippen molar-refractivity contribution in [2.75, 3.05) is 19.5 Å². The second-order valence-electron chi connectivity index (χ2n) is 4.93. The average molecular weight is 297 g/mol. The zero-order chi connectivity index (χ0) is 15.9. The van der Waals surface area contributed by atoms with Crippen molar-refractivity contribution in [1.82, 2.24) is 0 Å². The summed E-state index contributed by atoms with van der Waals surface area (Å²) in [5.74, 6) is -1.02. The molecule has 0 heterocycles. The van der Waals surface area contributed by atoms with Crippen molar-refractivity contribution in [2.45, 2.75) is 0 Å². The maximum absolute atomic E-state index is 11.6. The number of anilines is 1. The van der Waals surface area contributed by atoms with E-state index < -0.39 is 5.97 Å². The minimum Gasteiger partial charge on any atom is -0.504 e. The Kier molecular flexibility index (Phi) is 3.25. The van der Waals surface area contributed by atoms with Gasteiger partial charge >= 0.3 is 5.97 Å². The number of hydrogen-bond donors (Lipinski definition) is 3. The maximum atomic E-state index is 11.6. The van der Waals surface area contributed by atoms with E-state index in [1.54, 1.807) is 7.05 Å².